The average molecular weight is 343 g/mol. The van der Waals surface area contributed by atoms with Crippen molar-refractivity contribution in [3.63, 3.8) is 0 Å². The topological polar surface area (TPSA) is 77.2 Å². The van der Waals surface area contributed by atoms with Crippen molar-refractivity contribution in [1.82, 2.24) is 4.98 Å². The average Bonchev–Trinajstić information content (AvgIpc) is 2.95. The number of hydrogen-bond donors (Lipinski definition) is 2. The van der Waals surface area contributed by atoms with E-state index in [9.17, 15) is 9.18 Å². The second-order valence-electron chi connectivity index (χ2n) is 4.90. The summed E-state index contributed by atoms with van der Waals surface area (Å²) in [6.07, 6.45) is 0. The van der Waals surface area contributed by atoms with Gasteiger partial charge in [-0.1, -0.05) is 29.5 Å². The quantitative estimate of drug-likeness (QED) is 0.688. The molecule has 1 heterocycles. The number of carbonyl (C=O) groups is 1. The summed E-state index contributed by atoms with van der Waals surface area (Å²) in [6, 6.07) is 13.0. The maximum atomic E-state index is 13.8. The lowest BCUT2D eigenvalue weighted by atomic mass is 10.1. The maximum Gasteiger partial charge on any atom is 0.209 e. The first-order valence-corrected chi connectivity index (χ1v) is 7.86. The van der Waals surface area contributed by atoms with Crippen molar-refractivity contribution in [2.75, 3.05) is 18.2 Å². The third kappa shape index (κ3) is 3.21. The second kappa shape index (κ2) is 6.67. The van der Waals surface area contributed by atoms with Gasteiger partial charge >= 0.3 is 0 Å². The molecule has 0 aliphatic heterocycles. The molecule has 0 aliphatic carbocycles. The van der Waals surface area contributed by atoms with Crippen LogP contribution >= 0.6 is 11.3 Å². The highest BCUT2D eigenvalue weighted by Gasteiger charge is 2.20. The van der Waals surface area contributed by atoms with Crippen LogP contribution in [-0.2, 0) is 0 Å². The normalized spacial score (nSPS) is 10.4. The van der Waals surface area contributed by atoms with Gasteiger partial charge in [0.05, 0.1) is 12.7 Å². The number of rotatable bonds is 5. The number of ether oxygens (including phenoxy) is 1. The molecular weight excluding hydrogens is 329 g/mol. The predicted molar refractivity (Wildman–Crippen MR) is 92.6 cm³/mol. The van der Waals surface area contributed by atoms with Crippen LogP contribution in [0, 0.1) is 5.82 Å². The van der Waals surface area contributed by atoms with Gasteiger partial charge in [-0.3, -0.25) is 4.79 Å². The molecule has 0 fully saturated rings. The van der Waals surface area contributed by atoms with Gasteiger partial charge in [0.1, 0.15) is 22.3 Å². The van der Waals surface area contributed by atoms with E-state index in [2.05, 4.69) is 10.3 Å². The van der Waals surface area contributed by atoms with E-state index in [0.717, 1.165) is 17.0 Å². The monoisotopic (exact) mass is 343 g/mol. The third-order valence-corrected chi connectivity index (χ3v) is 4.28. The zero-order valence-corrected chi connectivity index (χ0v) is 13.6. The lowest BCUT2D eigenvalue weighted by Gasteiger charge is -2.04. The fraction of sp³-hybridized carbons (Fsp3) is 0.0588. The summed E-state index contributed by atoms with van der Waals surface area (Å²) in [5.74, 6) is -0.315. The number of nitrogens with zero attached hydrogens (tertiary/aromatic N) is 1. The van der Waals surface area contributed by atoms with E-state index in [0.29, 0.717) is 10.9 Å². The fourth-order valence-electron chi connectivity index (χ4n) is 2.14. The highest BCUT2D eigenvalue weighted by Crippen LogP contribution is 2.31. The molecule has 122 valence electrons. The molecule has 24 heavy (non-hydrogen) atoms. The van der Waals surface area contributed by atoms with E-state index in [4.69, 9.17) is 10.5 Å². The largest absolute Gasteiger partial charge is 0.497 e. The van der Waals surface area contributed by atoms with Crippen molar-refractivity contribution in [2.45, 2.75) is 0 Å². The van der Waals surface area contributed by atoms with Crippen LogP contribution in [0.5, 0.6) is 5.75 Å². The van der Waals surface area contributed by atoms with Crippen LogP contribution in [0.3, 0.4) is 0 Å². The number of thiazole rings is 1. The molecule has 3 aromatic rings. The zero-order chi connectivity index (χ0) is 17.1. The van der Waals surface area contributed by atoms with Gasteiger partial charge in [-0.05, 0) is 24.3 Å². The molecule has 3 N–H and O–H groups in total. The molecule has 1 aromatic heterocycles. The van der Waals surface area contributed by atoms with E-state index >= 15 is 0 Å². The van der Waals surface area contributed by atoms with E-state index in [1.807, 2.05) is 18.2 Å². The SMILES string of the molecule is COc1cccc(Nc2nc(N)c(C(=O)c3ccccc3F)s2)c1. The molecule has 0 spiro atoms. The summed E-state index contributed by atoms with van der Waals surface area (Å²) in [5, 5.41) is 3.51. The van der Waals surface area contributed by atoms with Crippen molar-refractivity contribution in [3.05, 3.63) is 64.8 Å². The minimum atomic E-state index is -0.586. The lowest BCUT2D eigenvalue weighted by Crippen LogP contribution is -2.04. The Kier molecular flexibility index (Phi) is 4.43. The highest BCUT2D eigenvalue weighted by molar-refractivity contribution is 7.18. The van der Waals surface area contributed by atoms with Gasteiger partial charge in [0.2, 0.25) is 5.78 Å². The van der Waals surface area contributed by atoms with Crippen LogP contribution in [0.1, 0.15) is 15.2 Å². The Morgan fingerprint density at radius 2 is 2.04 bits per heavy atom. The number of carbonyl (C=O) groups excluding carboxylic acids is 1. The summed E-state index contributed by atoms with van der Waals surface area (Å²) >= 11 is 1.08. The zero-order valence-electron chi connectivity index (χ0n) is 12.7. The Balaban J connectivity index is 1.87. The summed E-state index contributed by atoms with van der Waals surface area (Å²) in [6.45, 7) is 0. The molecule has 7 heteroatoms. The first-order chi connectivity index (χ1) is 11.6. The summed E-state index contributed by atoms with van der Waals surface area (Å²) in [5.41, 5.74) is 6.55. The third-order valence-electron chi connectivity index (χ3n) is 3.30. The first-order valence-electron chi connectivity index (χ1n) is 7.05. The number of halogens is 1. The number of benzene rings is 2. The van der Waals surface area contributed by atoms with Gasteiger partial charge in [-0.25, -0.2) is 9.37 Å². The molecule has 0 amide bonds. The van der Waals surface area contributed by atoms with Gasteiger partial charge in [-0.15, -0.1) is 0 Å². The molecule has 0 atom stereocenters. The Hall–Kier alpha value is -2.93. The van der Waals surface area contributed by atoms with Crippen LogP contribution in [-0.4, -0.2) is 17.9 Å². The van der Waals surface area contributed by atoms with Crippen molar-refractivity contribution < 1.29 is 13.9 Å². The first kappa shape index (κ1) is 15.9. The summed E-state index contributed by atoms with van der Waals surface area (Å²) in [4.78, 5) is 16.8. The number of hydrogen-bond acceptors (Lipinski definition) is 6. The van der Waals surface area contributed by atoms with Crippen LogP contribution in [0.4, 0.5) is 21.0 Å². The molecule has 0 radical (unpaired) electrons. The minimum Gasteiger partial charge on any atom is -0.497 e. The maximum absolute atomic E-state index is 13.8. The Morgan fingerprint density at radius 3 is 2.79 bits per heavy atom. The number of nitrogens with two attached hydrogens (primary N) is 1. The molecule has 3 rings (SSSR count). The smallest absolute Gasteiger partial charge is 0.209 e. The number of nitrogen functional groups attached to an aromatic ring is 1. The molecule has 5 nitrogen and oxygen atoms in total. The fourth-order valence-corrected chi connectivity index (χ4v) is 3.00. The van der Waals surface area contributed by atoms with Crippen molar-refractivity contribution in [3.8, 4) is 5.75 Å². The summed E-state index contributed by atoms with van der Waals surface area (Å²) < 4.78 is 18.9. The molecule has 0 saturated heterocycles. The van der Waals surface area contributed by atoms with Gasteiger partial charge in [0.25, 0.3) is 0 Å². The standard InChI is InChI=1S/C17H14FN3O2S/c1-23-11-6-4-5-10(9-11)20-17-21-16(19)15(24-17)14(22)12-7-2-3-8-13(12)18/h2-9H,19H2,1H3,(H,20,21). The molecular formula is C17H14FN3O2S. The van der Waals surface area contributed by atoms with Crippen LogP contribution in [0.25, 0.3) is 0 Å². The number of nitrogens with one attached hydrogen (secondary N) is 1. The minimum absolute atomic E-state index is 0.0271. The number of anilines is 3. The highest BCUT2D eigenvalue weighted by atomic mass is 32.1. The van der Waals surface area contributed by atoms with Crippen LogP contribution in [0.2, 0.25) is 0 Å². The van der Waals surface area contributed by atoms with Gasteiger partial charge in [0, 0.05) is 11.8 Å². The van der Waals surface area contributed by atoms with Gasteiger partial charge in [0.15, 0.2) is 5.13 Å². The Bertz CT molecular complexity index is 895. The van der Waals surface area contributed by atoms with Crippen LogP contribution < -0.4 is 15.8 Å². The number of aromatic nitrogens is 1. The van der Waals surface area contributed by atoms with Crippen LogP contribution in [0.15, 0.2) is 48.5 Å². The lowest BCUT2D eigenvalue weighted by molar-refractivity contribution is 0.103. The van der Waals surface area contributed by atoms with Gasteiger partial charge < -0.3 is 15.8 Å². The Labute approximate surface area is 141 Å². The Morgan fingerprint density at radius 1 is 1.25 bits per heavy atom. The van der Waals surface area contributed by atoms with Crippen molar-refractivity contribution in [2.24, 2.45) is 0 Å². The number of methoxy groups -OCH3 is 1. The van der Waals surface area contributed by atoms with E-state index in [1.54, 1.807) is 19.2 Å². The summed E-state index contributed by atoms with van der Waals surface area (Å²) in [7, 11) is 1.58. The molecule has 2 aromatic carbocycles. The van der Waals surface area contributed by atoms with E-state index < -0.39 is 11.6 Å². The van der Waals surface area contributed by atoms with Gasteiger partial charge in [-0.2, -0.15) is 0 Å². The molecule has 0 saturated carbocycles. The molecule has 0 unspecified atom stereocenters. The van der Waals surface area contributed by atoms with E-state index in [-0.39, 0.29) is 16.3 Å². The van der Waals surface area contributed by atoms with Crippen molar-refractivity contribution >= 4 is 33.8 Å². The predicted octanol–water partition coefficient (Wildman–Crippen LogP) is 3.85. The molecule has 0 bridgehead atoms. The second-order valence-corrected chi connectivity index (χ2v) is 5.90. The van der Waals surface area contributed by atoms with E-state index in [1.165, 1.54) is 18.2 Å². The molecule has 0 aliphatic rings. The van der Waals surface area contributed by atoms with Crippen molar-refractivity contribution in [1.29, 1.82) is 0 Å². The number of ketones is 1.